The number of rotatable bonds is 6. The summed E-state index contributed by atoms with van der Waals surface area (Å²) < 4.78 is 8.27. The average Bonchev–Trinajstić information content (AvgIpc) is 3.38. The van der Waals surface area contributed by atoms with Crippen molar-refractivity contribution in [2.45, 2.75) is 50.3 Å². The number of benzene rings is 1. The van der Waals surface area contributed by atoms with Crippen molar-refractivity contribution >= 4 is 21.9 Å². The lowest BCUT2D eigenvalue weighted by Gasteiger charge is -2.26. The van der Waals surface area contributed by atoms with Gasteiger partial charge < -0.3 is 15.4 Å². The summed E-state index contributed by atoms with van der Waals surface area (Å²) in [5.41, 5.74) is 1.61. The molecule has 1 unspecified atom stereocenters. The molecule has 7 nitrogen and oxygen atoms in total. The number of fused-ring (bicyclic) bond motifs is 1. The van der Waals surface area contributed by atoms with Crippen LogP contribution in [0.2, 0.25) is 0 Å². The van der Waals surface area contributed by atoms with Gasteiger partial charge in [-0.15, -0.1) is 0 Å². The zero-order chi connectivity index (χ0) is 19.6. The second kappa shape index (κ2) is 8.21. The Hall–Kier alpha value is -1.93. The highest BCUT2D eigenvalue weighted by molar-refractivity contribution is 9.10. The standard InChI is InChI=1S/C20H27BrN6O/c1-22-19(23-13-20(8-9-20)14-4-3-5-15(21)10-14)24-16-6-7-18-25-17(12-28-2)26-27(18)11-16/h3-5,10,16H,6-9,11-13H2,1-2H3,(H2,22,23,24). The van der Waals surface area contributed by atoms with Crippen molar-refractivity contribution in [1.82, 2.24) is 25.4 Å². The number of aryl methyl sites for hydroxylation is 1. The third kappa shape index (κ3) is 4.22. The highest BCUT2D eigenvalue weighted by atomic mass is 79.9. The number of ether oxygens (including phenoxy) is 1. The fourth-order valence-electron chi connectivity index (χ4n) is 3.85. The third-order valence-corrected chi connectivity index (χ3v) is 6.12. The Balaban J connectivity index is 1.34. The van der Waals surface area contributed by atoms with Crippen LogP contribution in [0.4, 0.5) is 0 Å². The molecule has 1 aliphatic heterocycles. The van der Waals surface area contributed by atoms with E-state index in [1.54, 1.807) is 7.11 Å². The molecule has 0 amide bonds. The molecule has 2 aliphatic rings. The van der Waals surface area contributed by atoms with Gasteiger partial charge in [0, 0.05) is 43.1 Å². The number of aliphatic imine (C=N–C) groups is 1. The quantitative estimate of drug-likeness (QED) is 0.526. The van der Waals surface area contributed by atoms with Crippen LogP contribution in [0.5, 0.6) is 0 Å². The summed E-state index contributed by atoms with van der Waals surface area (Å²) in [6.45, 7) is 2.14. The molecule has 0 bridgehead atoms. The van der Waals surface area contributed by atoms with Crippen LogP contribution in [0.15, 0.2) is 33.7 Å². The molecule has 1 fully saturated rings. The second-order valence-electron chi connectivity index (χ2n) is 7.66. The van der Waals surface area contributed by atoms with Crippen LogP contribution in [0.3, 0.4) is 0 Å². The molecule has 2 N–H and O–H groups in total. The molecule has 2 aromatic rings. The maximum Gasteiger partial charge on any atom is 0.191 e. The summed E-state index contributed by atoms with van der Waals surface area (Å²) in [4.78, 5) is 8.98. The van der Waals surface area contributed by atoms with E-state index >= 15 is 0 Å². The van der Waals surface area contributed by atoms with E-state index in [0.717, 1.165) is 48.0 Å². The Labute approximate surface area is 174 Å². The van der Waals surface area contributed by atoms with E-state index in [1.807, 2.05) is 11.7 Å². The number of methoxy groups -OCH3 is 1. The third-order valence-electron chi connectivity index (χ3n) is 5.62. The summed E-state index contributed by atoms with van der Waals surface area (Å²) in [6.07, 6.45) is 4.35. The first kappa shape index (κ1) is 19.4. The molecule has 1 atom stereocenters. The first-order chi connectivity index (χ1) is 13.6. The number of nitrogens with one attached hydrogen (secondary N) is 2. The molecule has 1 aliphatic carbocycles. The number of hydrogen-bond donors (Lipinski definition) is 2. The molecule has 4 rings (SSSR count). The first-order valence-electron chi connectivity index (χ1n) is 9.77. The molecular weight excluding hydrogens is 420 g/mol. The van der Waals surface area contributed by atoms with Gasteiger partial charge in [0.05, 0.1) is 6.54 Å². The van der Waals surface area contributed by atoms with Crippen LogP contribution in [-0.4, -0.2) is 47.5 Å². The lowest BCUT2D eigenvalue weighted by Crippen LogP contribution is -2.48. The largest absolute Gasteiger partial charge is 0.377 e. The monoisotopic (exact) mass is 446 g/mol. The molecule has 0 spiro atoms. The van der Waals surface area contributed by atoms with Crippen molar-refractivity contribution in [2.75, 3.05) is 20.7 Å². The Morgan fingerprint density at radius 3 is 3.00 bits per heavy atom. The van der Waals surface area contributed by atoms with E-state index in [9.17, 15) is 0 Å². The van der Waals surface area contributed by atoms with E-state index in [1.165, 1.54) is 18.4 Å². The molecule has 28 heavy (non-hydrogen) atoms. The van der Waals surface area contributed by atoms with Gasteiger partial charge in [0.25, 0.3) is 0 Å². The fraction of sp³-hybridized carbons (Fsp3) is 0.550. The molecular formula is C20H27BrN6O. The van der Waals surface area contributed by atoms with E-state index in [-0.39, 0.29) is 11.5 Å². The zero-order valence-corrected chi connectivity index (χ0v) is 18.0. The smallest absolute Gasteiger partial charge is 0.191 e. The van der Waals surface area contributed by atoms with Crippen molar-refractivity contribution < 1.29 is 4.74 Å². The van der Waals surface area contributed by atoms with E-state index in [4.69, 9.17) is 4.74 Å². The van der Waals surface area contributed by atoms with E-state index in [0.29, 0.717) is 6.61 Å². The normalized spacial score (nSPS) is 20.5. The van der Waals surface area contributed by atoms with Crippen molar-refractivity contribution in [3.8, 4) is 0 Å². The SMILES string of the molecule is CN=C(NCC1(c2cccc(Br)c2)CC1)NC1CCc2nc(COC)nn2C1. The number of nitrogens with zero attached hydrogens (tertiary/aromatic N) is 4. The Bertz CT molecular complexity index is 860. The van der Waals surface area contributed by atoms with Crippen LogP contribution in [-0.2, 0) is 29.7 Å². The minimum Gasteiger partial charge on any atom is -0.377 e. The van der Waals surface area contributed by atoms with Crippen LogP contribution in [0.25, 0.3) is 0 Å². The molecule has 1 saturated carbocycles. The van der Waals surface area contributed by atoms with Gasteiger partial charge in [-0.3, -0.25) is 4.99 Å². The van der Waals surface area contributed by atoms with Crippen LogP contribution < -0.4 is 10.6 Å². The van der Waals surface area contributed by atoms with Crippen molar-refractivity contribution in [3.63, 3.8) is 0 Å². The van der Waals surface area contributed by atoms with Crippen LogP contribution >= 0.6 is 15.9 Å². The molecule has 150 valence electrons. The number of aromatic nitrogens is 3. The molecule has 1 aromatic heterocycles. The number of hydrogen-bond acceptors (Lipinski definition) is 4. The first-order valence-corrected chi connectivity index (χ1v) is 10.6. The van der Waals surface area contributed by atoms with E-state index < -0.39 is 0 Å². The van der Waals surface area contributed by atoms with Crippen molar-refractivity contribution in [2.24, 2.45) is 4.99 Å². The Kier molecular flexibility index (Phi) is 5.68. The molecule has 8 heteroatoms. The highest BCUT2D eigenvalue weighted by Gasteiger charge is 2.44. The lowest BCUT2D eigenvalue weighted by molar-refractivity contribution is 0.177. The fourth-order valence-corrected chi connectivity index (χ4v) is 4.25. The predicted octanol–water partition coefficient (Wildman–Crippen LogP) is 2.40. The Morgan fingerprint density at radius 1 is 1.43 bits per heavy atom. The molecule has 0 saturated heterocycles. The number of halogens is 1. The van der Waals surface area contributed by atoms with Gasteiger partial charge in [0.1, 0.15) is 12.4 Å². The van der Waals surface area contributed by atoms with Gasteiger partial charge in [-0.05, 0) is 37.0 Å². The Morgan fingerprint density at radius 2 is 2.29 bits per heavy atom. The maximum absolute atomic E-state index is 5.14. The van der Waals surface area contributed by atoms with Gasteiger partial charge in [-0.2, -0.15) is 5.10 Å². The molecule has 2 heterocycles. The van der Waals surface area contributed by atoms with Crippen LogP contribution in [0.1, 0.15) is 36.5 Å². The summed E-state index contributed by atoms with van der Waals surface area (Å²) in [7, 11) is 3.50. The average molecular weight is 447 g/mol. The van der Waals surface area contributed by atoms with Gasteiger partial charge in [-0.1, -0.05) is 28.1 Å². The van der Waals surface area contributed by atoms with Gasteiger partial charge in [0.15, 0.2) is 11.8 Å². The van der Waals surface area contributed by atoms with Gasteiger partial charge in [0.2, 0.25) is 0 Å². The topological polar surface area (TPSA) is 76.4 Å². The van der Waals surface area contributed by atoms with Gasteiger partial charge in [-0.25, -0.2) is 9.67 Å². The highest BCUT2D eigenvalue weighted by Crippen LogP contribution is 2.48. The lowest BCUT2D eigenvalue weighted by atomic mass is 9.96. The van der Waals surface area contributed by atoms with E-state index in [2.05, 4.69) is 65.9 Å². The minimum atomic E-state index is 0.224. The summed E-state index contributed by atoms with van der Waals surface area (Å²) in [5.74, 6) is 2.65. The molecule has 1 aromatic carbocycles. The maximum atomic E-state index is 5.14. The predicted molar refractivity (Wildman–Crippen MR) is 112 cm³/mol. The van der Waals surface area contributed by atoms with Crippen molar-refractivity contribution in [3.05, 3.63) is 46.0 Å². The number of guanidine groups is 1. The minimum absolute atomic E-state index is 0.224. The second-order valence-corrected chi connectivity index (χ2v) is 8.57. The summed E-state index contributed by atoms with van der Waals surface area (Å²) >= 11 is 3.59. The van der Waals surface area contributed by atoms with Crippen LogP contribution in [0, 0.1) is 0 Å². The summed E-state index contributed by atoms with van der Waals surface area (Å²) in [5, 5.41) is 11.6. The van der Waals surface area contributed by atoms with Gasteiger partial charge >= 0.3 is 0 Å². The van der Waals surface area contributed by atoms with Crippen molar-refractivity contribution in [1.29, 1.82) is 0 Å². The molecule has 0 radical (unpaired) electrons. The summed E-state index contributed by atoms with van der Waals surface area (Å²) in [6, 6.07) is 8.93. The zero-order valence-electron chi connectivity index (χ0n) is 16.4.